The number of hydrogen-bond donors (Lipinski definition) is 2. The fourth-order valence-corrected chi connectivity index (χ4v) is 3.13. The predicted molar refractivity (Wildman–Crippen MR) is 77.7 cm³/mol. The molecule has 1 aliphatic rings. The molecule has 0 aliphatic carbocycles. The highest BCUT2D eigenvalue weighted by Gasteiger charge is 2.29. The molecular formula is C14H16N2O2S. The Hall–Kier alpha value is -1.43. The second kappa shape index (κ2) is 5.28. The standard InChI is InChI=1S/C14H16N2O2S/c1-18-11-7-12(15-8-11)14(17)16-10-2-3-13-9(6-10)4-5-19-13/h2-6,11-12,15H,7-8H2,1H3,(H,16,17). The average molecular weight is 276 g/mol. The Labute approximate surface area is 115 Å². The van der Waals surface area contributed by atoms with Crippen LogP contribution in [0.2, 0.25) is 0 Å². The van der Waals surface area contributed by atoms with Crippen LogP contribution in [-0.4, -0.2) is 31.7 Å². The fourth-order valence-electron chi connectivity index (χ4n) is 2.36. The number of ether oxygens (including phenoxy) is 1. The molecule has 2 heterocycles. The fraction of sp³-hybridized carbons (Fsp3) is 0.357. The van der Waals surface area contributed by atoms with Gasteiger partial charge < -0.3 is 15.4 Å². The first-order valence-corrected chi connectivity index (χ1v) is 7.18. The van der Waals surface area contributed by atoms with Crippen LogP contribution in [0.5, 0.6) is 0 Å². The molecule has 3 rings (SSSR count). The quantitative estimate of drug-likeness (QED) is 0.903. The summed E-state index contributed by atoms with van der Waals surface area (Å²) in [7, 11) is 1.68. The predicted octanol–water partition coefficient (Wildman–Crippen LogP) is 2.22. The van der Waals surface area contributed by atoms with Crippen molar-refractivity contribution in [3.05, 3.63) is 29.6 Å². The lowest BCUT2D eigenvalue weighted by molar-refractivity contribution is -0.118. The topological polar surface area (TPSA) is 50.4 Å². The number of methoxy groups -OCH3 is 1. The summed E-state index contributed by atoms with van der Waals surface area (Å²) in [4.78, 5) is 12.1. The number of anilines is 1. The molecular weight excluding hydrogens is 260 g/mol. The number of thiophene rings is 1. The molecule has 1 aliphatic heterocycles. The van der Waals surface area contributed by atoms with Gasteiger partial charge in [-0.3, -0.25) is 4.79 Å². The first-order valence-electron chi connectivity index (χ1n) is 6.30. The van der Waals surface area contributed by atoms with E-state index in [0.717, 1.165) is 24.0 Å². The lowest BCUT2D eigenvalue weighted by atomic mass is 10.2. The minimum atomic E-state index is -0.164. The Kier molecular flexibility index (Phi) is 3.50. The molecule has 100 valence electrons. The third kappa shape index (κ3) is 2.63. The third-order valence-electron chi connectivity index (χ3n) is 3.46. The van der Waals surface area contributed by atoms with Crippen LogP contribution in [0.25, 0.3) is 10.1 Å². The Bertz CT molecular complexity index is 596. The summed E-state index contributed by atoms with van der Waals surface area (Å²) in [5, 5.41) is 9.35. The van der Waals surface area contributed by atoms with Gasteiger partial charge in [0.2, 0.25) is 5.91 Å². The van der Waals surface area contributed by atoms with Crippen molar-refractivity contribution in [3.63, 3.8) is 0 Å². The Morgan fingerprint density at radius 3 is 3.16 bits per heavy atom. The van der Waals surface area contributed by atoms with Gasteiger partial charge in [0.05, 0.1) is 12.1 Å². The van der Waals surface area contributed by atoms with Crippen LogP contribution in [0, 0.1) is 0 Å². The summed E-state index contributed by atoms with van der Waals surface area (Å²) in [6.07, 6.45) is 0.860. The first kappa shape index (κ1) is 12.6. The van der Waals surface area contributed by atoms with Crippen LogP contribution < -0.4 is 10.6 Å². The van der Waals surface area contributed by atoms with E-state index in [1.54, 1.807) is 18.4 Å². The average Bonchev–Trinajstić information content (AvgIpc) is 3.06. The van der Waals surface area contributed by atoms with Crippen molar-refractivity contribution >= 4 is 33.0 Å². The molecule has 1 fully saturated rings. The summed E-state index contributed by atoms with van der Waals surface area (Å²) in [5.41, 5.74) is 0.846. The molecule has 19 heavy (non-hydrogen) atoms. The van der Waals surface area contributed by atoms with Crippen molar-refractivity contribution in [3.8, 4) is 0 Å². The van der Waals surface area contributed by atoms with Crippen LogP contribution in [0.4, 0.5) is 5.69 Å². The highest BCUT2D eigenvalue weighted by Crippen LogP contribution is 2.24. The molecule has 1 amide bonds. The highest BCUT2D eigenvalue weighted by atomic mass is 32.1. The maximum absolute atomic E-state index is 12.1. The van der Waals surface area contributed by atoms with Gasteiger partial charge in [-0.2, -0.15) is 0 Å². The maximum atomic E-state index is 12.1. The summed E-state index contributed by atoms with van der Waals surface area (Å²) < 4.78 is 6.48. The lowest BCUT2D eigenvalue weighted by Gasteiger charge is -2.11. The van der Waals surface area contributed by atoms with E-state index in [1.807, 2.05) is 18.2 Å². The van der Waals surface area contributed by atoms with Gasteiger partial charge in [-0.1, -0.05) is 0 Å². The van der Waals surface area contributed by atoms with Gasteiger partial charge in [0.1, 0.15) is 0 Å². The van der Waals surface area contributed by atoms with Crippen molar-refractivity contribution in [1.29, 1.82) is 0 Å². The zero-order valence-electron chi connectivity index (χ0n) is 10.7. The normalized spacial score (nSPS) is 22.8. The molecule has 4 nitrogen and oxygen atoms in total. The number of hydrogen-bond acceptors (Lipinski definition) is 4. The second-order valence-corrected chi connectivity index (χ2v) is 5.66. The van der Waals surface area contributed by atoms with E-state index in [9.17, 15) is 4.79 Å². The smallest absolute Gasteiger partial charge is 0.241 e. The zero-order chi connectivity index (χ0) is 13.2. The minimum Gasteiger partial charge on any atom is -0.380 e. The van der Waals surface area contributed by atoms with Gasteiger partial charge in [0.25, 0.3) is 0 Å². The number of carbonyl (C=O) groups is 1. The van der Waals surface area contributed by atoms with Crippen molar-refractivity contribution in [2.75, 3.05) is 19.0 Å². The number of carbonyl (C=O) groups excluding carboxylic acids is 1. The van der Waals surface area contributed by atoms with E-state index in [0.29, 0.717) is 0 Å². The molecule has 2 atom stereocenters. The summed E-state index contributed by atoms with van der Waals surface area (Å²) in [6, 6.07) is 7.88. The Morgan fingerprint density at radius 2 is 2.37 bits per heavy atom. The number of benzene rings is 1. The SMILES string of the molecule is COC1CNC(C(=O)Nc2ccc3sccc3c2)C1. The van der Waals surface area contributed by atoms with Gasteiger partial charge >= 0.3 is 0 Å². The van der Waals surface area contributed by atoms with Gasteiger partial charge in [-0.25, -0.2) is 0 Å². The molecule has 0 radical (unpaired) electrons. The van der Waals surface area contributed by atoms with Crippen molar-refractivity contribution in [2.24, 2.45) is 0 Å². The monoisotopic (exact) mass is 276 g/mol. The second-order valence-electron chi connectivity index (χ2n) is 4.72. The molecule has 1 aromatic carbocycles. The molecule has 1 aromatic heterocycles. The summed E-state index contributed by atoms with van der Waals surface area (Å²) in [6.45, 7) is 0.734. The summed E-state index contributed by atoms with van der Waals surface area (Å²) in [5.74, 6) is 0.00845. The number of fused-ring (bicyclic) bond motifs is 1. The molecule has 2 aromatic rings. The molecule has 5 heteroatoms. The van der Waals surface area contributed by atoms with E-state index in [4.69, 9.17) is 4.74 Å². The number of nitrogens with one attached hydrogen (secondary N) is 2. The highest BCUT2D eigenvalue weighted by molar-refractivity contribution is 7.17. The molecule has 1 saturated heterocycles. The van der Waals surface area contributed by atoms with Gasteiger partial charge in [0, 0.05) is 24.0 Å². The lowest BCUT2D eigenvalue weighted by Crippen LogP contribution is -2.35. The van der Waals surface area contributed by atoms with E-state index < -0.39 is 0 Å². The van der Waals surface area contributed by atoms with Gasteiger partial charge in [-0.05, 0) is 41.5 Å². The van der Waals surface area contributed by atoms with Crippen molar-refractivity contribution in [2.45, 2.75) is 18.6 Å². The van der Waals surface area contributed by atoms with Crippen LogP contribution >= 0.6 is 11.3 Å². The molecule has 2 unspecified atom stereocenters. The van der Waals surface area contributed by atoms with Crippen LogP contribution in [0.3, 0.4) is 0 Å². The third-order valence-corrected chi connectivity index (χ3v) is 4.36. The van der Waals surface area contributed by atoms with Crippen LogP contribution in [0.15, 0.2) is 29.6 Å². The summed E-state index contributed by atoms with van der Waals surface area (Å²) >= 11 is 1.70. The molecule has 2 N–H and O–H groups in total. The first-order chi connectivity index (χ1) is 9.26. The van der Waals surface area contributed by atoms with Crippen molar-refractivity contribution < 1.29 is 9.53 Å². The largest absolute Gasteiger partial charge is 0.380 e. The molecule has 0 spiro atoms. The molecule has 0 bridgehead atoms. The minimum absolute atomic E-state index is 0.00845. The van der Waals surface area contributed by atoms with Crippen LogP contribution in [-0.2, 0) is 9.53 Å². The Morgan fingerprint density at radius 1 is 1.47 bits per heavy atom. The van der Waals surface area contributed by atoms with Gasteiger partial charge in [-0.15, -0.1) is 11.3 Å². The Balaban J connectivity index is 1.68. The maximum Gasteiger partial charge on any atom is 0.241 e. The number of amides is 1. The van der Waals surface area contributed by atoms with E-state index in [1.165, 1.54) is 4.70 Å². The molecule has 0 saturated carbocycles. The van der Waals surface area contributed by atoms with E-state index >= 15 is 0 Å². The zero-order valence-corrected chi connectivity index (χ0v) is 11.5. The van der Waals surface area contributed by atoms with Crippen LogP contribution in [0.1, 0.15) is 6.42 Å². The van der Waals surface area contributed by atoms with E-state index in [-0.39, 0.29) is 18.1 Å². The van der Waals surface area contributed by atoms with Gasteiger partial charge in [0.15, 0.2) is 0 Å². The van der Waals surface area contributed by atoms with E-state index in [2.05, 4.69) is 22.1 Å². The number of rotatable bonds is 3. The van der Waals surface area contributed by atoms with Crippen molar-refractivity contribution in [1.82, 2.24) is 5.32 Å².